The Balaban J connectivity index is 1.89. The molecule has 2 aromatic heterocycles. The fourth-order valence-corrected chi connectivity index (χ4v) is 2.46. The number of hydrazone groups is 1. The van der Waals surface area contributed by atoms with Gasteiger partial charge in [0.15, 0.2) is 11.7 Å². The lowest BCUT2D eigenvalue weighted by atomic mass is 10.2. The van der Waals surface area contributed by atoms with E-state index in [1.54, 1.807) is 42.9 Å². The molecule has 0 aliphatic rings. The molecule has 0 saturated heterocycles. The van der Waals surface area contributed by atoms with E-state index in [0.29, 0.717) is 33.0 Å². The van der Waals surface area contributed by atoms with E-state index in [-0.39, 0.29) is 0 Å². The van der Waals surface area contributed by atoms with Crippen LogP contribution in [-0.2, 0) is 0 Å². The number of hydrogen-bond acceptors (Lipinski definition) is 4. The molecule has 5 nitrogen and oxygen atoms in total. The number of nitrogens with one attached hydrogen (secondary N) is 1. The van der Waals surface area contributed by atoms with Crippen LogP contribution in [0, 0.1) is 0 Å². The summed E-state index contributed by atoms with van der Waals surface area (Å²) in [6.45, 7) is 0. The summed E-state index contributed by atoms with van der Waals surface area (Å²) in [6.07, 6.45) is 4.89. The Morgan fingerprint density at radius 3 is 2.24 bits per heavy atom. The summed E-state index contributed by atoms with van der Waals surface area (Å²) in [5.41, 5.74) is 4.14. The molecule has 3 rings (SSSR count). The summed E-state index contributed by atoms with van der Waals surface area (Å²) in [6, 6.07) is 16.3. The molecule has 3 aromatic rings. The monoisotopic (exact) mass is 369 g/mol. The first kappa shape index (κ1) is 17.1. The number of amidine groups is 1. The first-order chi connectivity index (χ1) is 12.2. The molecule has 0 atom stereocenters. The zero-order chi connectivity index (χ0) is 17.5. The highest BCUT2D eigenvalue weighted by Gasteiger charge is 2.06. The van der Waals surface area contributed by atoms with Crippen molar-refractivity contribution in [2.24, 2.45) is 10.1 Å². The van der Waals surface area contributed by atoms with Gasteiger partial charge in [-0.2, -0.15) is 5.10 Å². The van der Waals surface area contributed by atoms with Gasteiger partial charge in [-0.1, -0.05) is 41.4 Å². The maximum absolute atomic E-state index is 6.14. The average Bonchev–Trinajstić information content (AvgIpc) is 2.65. The standard InChI is InChI=1S/C18H13Cl2N5/c19-14-6-5-7-15(20)13(14)12-23-25-18(16-8-1-3-10-21-16)24-17-9-2-4-11-22-17/h1-12H,(H,22,24,25). The van der Waals surface area contributed by atoms with Crippen LogP contribution >= 0.6 is 23.2 Å². The van der Waals surface area contributed by atoms with Gasteiger partial charge >= 0.3 is 0 Å². The Bertz CT molecular complexity index is 876. The number of hydrogen-bond donors (Lipinski definition) is 1. The van der Waals surface area contributed by atoms with Gasteiger partial charge in [0.25, 0.3) is 0 Å². The highest BCUT2D eigenvalue weighted by molar-refractivity contribution is 6.38. The molecular weight excluding hydrogens is 357 g/mol. The van der Waals surface area contributed by atoms with Crippen LogP contribution in [0.25, 0.3) is 0 Å². The zero-order valence-corrected chi connectivity index (χ0v) is 14.5. The van der Waals surface area contributed by atoms with E-state index in [2.05, 4.69) is 25.5 Å². The molecule has 0 radical (unpaired) electrons. The van der Waals surface area contributed by atoms with E-state index < -0.39 is 0 Å². The Kier molecular flexibility index (Phi) is 5.72. The van der Waals surface area contributed by atoms with Crippen molar-refractivity contribution in [1.82, 2.24) is 15.4 Å². The summed E-state index contributed by atoms with van der Waals surface area (Å²) in [4.78, 5) is 12.9. The maximum atomic E-state index is 6.14. The van der Waals surface area contributed by atoms with Crippen LogP contribution in [0.15, 0.2) is 77.1 Å². The second kappa shape index (κ2) is 8.37. The van der Waals surface area contributed by atoms with Crippen LogP contribution in [0.2, 0.25) is 10.0 Å². The van der Waals surface area contributed by atoms with Gasteiger partial charge in [0.1, 0.15) is 5.69 Å². The minimum atomic E-state index is 0.457. The highest BCUT2D eigenvalue weighted by atomic mass is 35.5. The average molecular weight is 370 g/mol. The molecule has 0 unspecified atom stereocenters. The lowest BCUT2D eigenvalue weighted by molar-refractivity contribution is 1.01. The molecule has 25 heavy (non-hydrogen) atoms. The minimum Gasteiger partial charge on any atom is -0.259 e. The van der Waals surface area contributed by atoms with E-state index in [9.17, 15) is 0 Å². The topological polar surface area (TPSA) is 62.5 Å². The van der Waals surface area contributed by atoms with Crippen LogP contribution in [0.5, 0.6) is 0 Å². The third-order valence-electron chi connectivity index (χ3n) is 3.15. The predicted molar refractivity (Wildman–Crippen MR) is 102 cm³/mol. The molecule has 0 bridgehead atoms. The van der Waals surface area contributed by atoms with Gasteiger partial charge in [-0.05, 0) is 36.4 Å². The van der Waals surface area contributed by atoms with Gasteiger partial charge in [-0.15, -0.1) is 0 Å². The fourth-order valence-electron chi connectivity index (χ4n) is 1.97. The number of aliphatic imine (C=N–C) groups is 1. The fraction of sp³-hybridized carbons (Fsp3) is 0. The van der Waals surface area contributed by atoms with Gasteiger partial charge in [0, 0.05) is 18.0 Å². The number of aromatic nitrogens is 2. The maximum Gasteiger partial charge on any atom is 0.174 e. The van der Waals surface area contributed by atoms with Crippen LogP contribution in [-0.4, -0.2) is 22.0 Å². The van der Waals surface area contributed by atoms with E-state index in [4.69, 9.17) is 23.2 Å². The van der Waals surface area contributed by atoms with Gasteiger partial charge < -0.3 is 0 Å². The van der Waals surface area contributed by atoms with E-state index in [0.717, 1.165) is 0 Å². The highest BCUT2D eigenvalue weighted by Crippen LogP contribution is 2.22. The molecule has 1 N–H and O–H groups in total. The van der Waals surface area contributed by atoms with Crippen molar-refractivity contribution in [3.63, 3.8) is 0 Å². The van der Waals surface area contributed by atoms with Crippen molar-refractivity contribution in [3.8, 4) is 0 Å². The molecule has 0 aliphatic carbocycles. The summed E-state index contributed by atoms with van der Waals surface area (Å²) in [5.74, 6) is 1.00. The molecule has 7 heteroatoms. The van der Waals surface area contributed by atoms with Crippen molar-refractivity contribution in [2.75, 3.05) is 0 Å². The predicted octanol–water partition coefficient (Wildman–Crippen LogP) is 4.49. The van der Waals surface area contributed by atoms with Crippen LogP contribution in [0.4, 0.5) is 5.82 Å². The second-order valence-electron chi connectivity index (χ2n) is 4.87. The van der Waals surface area contributed by atoms with Crippen molar-refractivity contribution >= 4 is 41.1 Å². The summed E-state index contributed by atoms with van der Waals surface area (Å²) in [7, 11) is 0. The Morgan fingerprint density at radius 2 is 1.60 bits per heavy atom. The number of rotatable bonds is 4. The molecule has 0 fully saturated rings. The molecule has 1 aromatic carbocycles. The number of pyridine rings is 2. The Morgan fingerprint density at radius 1 is 0.880 bits per heavy atom. The van der Waals surface area contributed by atoms with Gasteiger partial charge in [0.2, 0.25) is 0 Å². The van der Waals surface area contributed by atoms with Crippen molar-refractivity contribution in [1.29, 1.82) is 0 Å². The van der Waals surface area contributed by atoms with Crippen molar-refractivity contribution in [2.45, 2.75) is 0 Å². The molecule has 2 heterocycles. The molecule has 0 aliphatic heterocycles. The SMILES string of the molecule is Clc1cccc(Cl)c1C=NNC(=Nc1ccccn1)c1ccccn1. The van der Waals surface area contributed by atoms with Gasteiger partial charge in [-0.25, -0.2) is 9.98 Å². The minimum absolute atomic E-state index is 0.457. The number of halogens is 2. The summed E-state index contributed by atoms with van der Waals surface area (Å²) < 4.78 is 0. The van der Waals surface area contributed by atoms with Crippen LogP contribution in [0.3, 0.4) is 0 Å². The van der Waals surface area contributed by atoms with E-state index >= 15 is 0 Å². The third kappa shape index (κ3) is 4.62. The van der Waals surface area contributed by atoms with Crippen molar-refractivity contribution in [3.05, 3.63) is 88.3 Å². The molecule has 0 saturated carbocycles. The molecule has 124 valence electrons. The third-order valence-corrected chi connectivity index (χ3v) is 3.81. The number of nitrogens with zero attached hydrogens (tertiary/aromatic N) is 4. The smallest absolute Gasteiger partial charge is 0.174 e. The Labute approximate surface area is 155 Å². The zero-order valence-electron chi connectivity index (χ0n) is 13.0. The van der Waals surface area contributed by atoms with Crippen LogP contribution < -0.4 is 5.43 Å². The van der Waals surface area contributed by atoms with E-state index in [1.165, 1.54) is 0 Å². The second-order valence-corrected chi connectivity index (χ2v) is 5.68. The van der Waals surface area contributed by atoms with Gasteiger partial charge in [-0.3, -0.25) is 10.4 Å². The lowest BCUT2D eigenvalue weighted by Gasteiger charge is -2.05. The first-order valence-electron chi connectivity index (χ1n) is 7.38. The van der Waals surface area contributed by atoms with E-state index in [1.807, 2.05) is 30.3 Å². The summed E-state index contributed by atoms with van der Waals surface area (Å²) >= 11 is 12.3. The number of benzene rings is 1. The van der Waals surface area contributed by atoms with Crippen LogP contribution in [0.1, 0.15) is 11.3 Å². The lowest BCUT2D eigenvalue weighted by Crippen LogP contribution is -2.20. The van der Waals surface area contributed by atoms with Gasteiger partial charge in [0.05, 0.1) is 16.3 Å². The normalized spacial score (nSPS) is 11.7. The largest absolute Gasteiger partial charge is 0.259 e. The summed E-state index contributed by atoms with van der Waals surface area (Å²) in [5, 5.41) is 5.22. The Hall–Kier alpha value is -2.76. The quantitative estimate of drug-likeness (QED) is 0.418. The van der Waals surface area contributed by atoms with Crippen molar-refractivity contribution < 1.29 is 0 Å². The molecular formula is C18H13Cl2N5. The first-order valence-corrected chi connectivity index (χ1v) is 8.14. The molecule has 0 spiro atoms. The molecule has 0 amide bonds.